The molecule has 0 aliphatic carbocycles. The second-order valence-electron chi connectivity index (χ2n) is 4.63. The Morgan fingerprint density at radius 3 is 2.62 bits per heavy atom. The van der Waals surface area contributed by atoms with Crippen LogP contribution < -0.4 is 15.5 Å². The van der Waals surface area contributed by atoms with Crippen LogP contribution in [0.25, 0.3) is 0 Å². The predicted octanol–water partition coefficient (Wildman–Crippen LogP) is 1.20. The summed E-state index contributed by atoms with van der Waals surface area (Å²) in [7, 11) is 1.49. The molecule has 124 valence electrons. The molecule has 8 nitrogen and oxygen atoms in total. The van der Waals surface area contributed by atoms with Crippen molar-refractivity contribution in [3.05, 3.63) is 48.0 Å². The summed E-state index contributed by atoms with van der Waals surface area (Å²) >= 11 is 0. The molecule has 0 unspecified atom stereocenters. The summed E-state index contributed by atoms with van der Waals surface area (Å²) in [6, 6.07) is 10.4. The summed E-state index contributed by atoms with van der Waals surface area (Å²) < 4.78 is 5.01. The van der Waals surface area contributed by atoms with Crippen molar-refractivity contribution in [3.8, 4) is 17.2 Å². The fourth-order valence-corrected chi connectivity index (χ4v) is 1.74. The maximum absolute atomic E-state index is 11.7. The van der Waals surface area contributed by atoms with E-state index in [1.54, 1.807) is 24.3 Å². The number of aromatic hydroxyl groups is 2. The standard InChI is InChI=1S/C16H15N3O5/c1-24-13-4-2-3-11(7-13)18-15(22)16(23)19-17-9-10-5-6-12(20)8-14(10)21/h2-9,20-21H,1H3,(H,18,22)(H,19,23)/b17-9+. The summed E-state index contributed by atoms with van der Waals surface area (Å²) in [5, 5.41) is 24.7. The number of ether oxygens (including phenoxy) is 1. The highest BCUT2D eigenvalue weighted by Gasteiger charge is 2.13. The van der Waals surface area contributed by atoms with Gasteiger partial charge in [-0.25, -0.2) is 5.43 Å². The number of hydrogen-bond donors (Lipinski definition) is 4. The van der Waals surface area contributed by atoms with Crippen LogP contribution in [-0.2, 0) is 9.59 Å². The molecule has 0 bridgehead atoms. The number of phenols is 2. The Bertz CT molecular complexity index is 789. The van der Waals surface area contributed by atoms with Gasteiger partial charge in [-0.05, 0) is 24.3 Å². The van der Waals surface area contributed by atoms with E-state index in [4.69, 9.17) is 9.84 Å². The Labute approximate surface area is 137 Å². The molecule has 4 N–H and O–H groups in total. The highest BCUT2D eigenvalue weighted by molar-refractivity contribution is 6.39. The Balaban J connectivity index is 1.93. The van der Waals surface area contributed by atoms with E-state index in [-0.39, 0.29) is 17.1 Å². The van der Waals surface area contributed by atoms with Gasteiger partial charge in [0.15, 0.2) is 0 Å². The lowest BCUT2D eigenvalue weighted by molar-refractivity contribution is -0.136. The maximum atomic E-state index is 11.7. The lowest BCUT2D eigenvalue weighted by Crippen LogP contribution is -2.32. The van der Waals surface area contributed by atoms with Crippen LogP contribution in [0.1, 0.15) is 5.56 Å². The van der Waals surface area contributed by atoms with Crippen molar-refractivity contribution < 1.29 is 24.5 Å². The van der Waals surface area contributed by atoms with E-state index in [2.05, 4.69) is 10.4 Å². The zero-order valence-electron chi connectivity index (χ0n) is 12.7. The van der Waals surface area contributed by atoms with Crippen molar-refractivity contribution in [2.45, 2.75) is 0 Å². The van der Waals surface area contributed by atoms with Crippen LogP contribution >= 0.6 is 0 Å². The third-order valence-electron chi connectivity index (χ3n) is 2.92. The van der Waals surface area contributed by atoms with Gasteiger partial charge in [-0.2, -0.15) is 5.10 Å². The maximum Gasteiger partial charge on any atom is 0.329 e. The third kappa shape index (κ3) is 4.47. The minimum Gasteiger partial charge on any atom is -0.508 e. The number of carbonyl (C=O) groups is 2. The van der Waals surface area contributed by atoms with Gasteiger partial charge in [-0.15, -0.1) is 0 Å². The Morgan fingerprint density at radius 1 is 1.12 bits per heavy atom. The summed E-state index contributed by atoms with van der Waals surface area (Å²) in [6.07, 6.45) is 1.14. The molecule has 0 spiro atoms. The number of amides is 2. The lowest BCUT2D eigenvalue weighted by Gasteiger charge is -2.05. The number of benzene rings is 2. The minimum atomic E-state index is -0.979. The van der Waals surface area contributed by atoms with Gasteiger partial charge >= 0.3 is 11.8 Å². The number of hydrogen-bond acceptors (Lipinski definition) is 6. The first kappa shape index (κ1) is 16.8. The van der Waals surface area contributed by atoms with Crippen LogP contribution in [-0.4, -0.2) is 35.4 Å². The van der Waals surface area contributed by atoms with Crippen LogP contribution in [0.3, 0.4) is 0 Å². The zero-order valence-corrected chi connectivity index (χ0v) is 12.7. The number of hydrazone groups is 1. The summed E-state index contributed by atoms with van der Waals surface area (Å²) in [5.41, 5.74) is 2.70. The fraction of sp³-hybridized carbons (Fsp3) is 0.0625. The first-order chi connectivity index (χ1) is 11.5. The van der Waals surface area contributed by atoms with Crippen LogP contribution in [0.15, 0.2) is 47.6 Å². The molecule has 8 heteroatoms. The quantitative estimate of drug-likeness (QED) is 0.381. The average Bonchev–Trinajstić information content (AvgIpc) is 2.56. The number of phenolic OH excluding ortho intramolecular Hbond substituents is 2. The van der Waals surface area contributed by atoms with Crippen molar-refractivity contribution in [1.29, 1.82) is 0 Å². The van der Waals surface area contributed by atoms with E-state index in [0.717, 1.165) is 12.3 Å². The molecule has 2 rings (SSSR count). The molecule has 2 aromatic carbocycles. The molecule has 2 amide bonds. The fourth-order valence-electron chi connectivity index (χ4n) is 1.74. The molecule has 0 saturated heterocycles. The van der Waals surface area contributed by atoms with Gasteiger partial charge in [0.1, 0.15) is 17.2 Å². The molecule has 0 heterocycles. The van der Waals surface area contributed by atoms with Gasteiger partial charge in [0.05, 0.1) is 13.3 Å². The molecule has 0 saturated carbocycles. The lowest BCUT2D eigenvalue weighted by atomic mass is 10.2. The number of methoxy groups -OCH3 is 1. The molecule has 0 aliphatic rings. The van der Waals surface area contributed by atoms with Gasteiger partial charge in [-0.1, -0.05) is 6.07 Å². The van der Waals surface area contributed by atoms with Crippen LogP contribution in [0, 0.1) is 0 Å². The van der Waals surface area contributed by atoms with Crippen molar-refractivity contribution in [1.82, 2.24) is 5.43 Å². The van der Waals surface area contributed by atoms with Crippen molar-refractivity contribution in [3.63, 3.8) is 0 Å². The Hall–Kier alpha value is -3.55. The zero-order chi connectivity index (χ0) is 17.5. The van der Waals surface area contributed by atoms with Crippen LogP contribution in [0.5, 0.6) is 17.2 Å². The van der Waals surface area contributed by atoms with E-state index in [9.17, 15) is 14.7 Å². The topological polar surface area (TPSA) is 120 Å². The Morgan fingerprint density at radius 2 is 1.92 bits per heavy atom. The van der Waals surface area contributed by atoms with Crippen molar-refractivity contribution in [2.75, 3.05) is 12.4 Å². The molecule has 0 atom stereocenters. The number of nitrogens with zero attached hydrogens (tertiary/aromatic N) is 1. The molecular formula is C16H15N3O5. The number of anilines is 1. The normalized spacial score (nSPS) is 10.4. The van der Waals surface area contributed by atoms with Gasteiger partial charge in [0.2, 0.25) is 0 Å². The van der Waals surface area contributed by atoms with Gasteiger partial charge in [-0.3, -0.25) is 9.59 Å². The first-order valence-corrected chi connectivity index (χ1v) is 6.80. The number of carbonyl (C=O) groups excluding carboxylic acids is 2. The second-order valence-corrected chi connectivity index (χ2v) is 4.63. The van der Waals surface area contributed by atoms with Crippen LogP contribution in [0.2, 0.25) is 0 Å². The SMILES string of the molecule is COc1cccc(NC(=O)C(=O)N/N=C/c2ccc(O)cc2O)c1. The molecular weight excluding hydrogens is 314 g/mol. The molecule has 0 radical (unpaired) electrons. The number of nitrogens with one attached hydrogen (secondary N) is 2. The van der Waals surface area contributed by atoms with Crippen molar-refractivity contribution in [2.24, 2.45) is 5.10 Å². The Kier molecular flexibility index (Phi) is 5.35. The second kappa shape index (κ2) is 7.63. The molecule has 0 aromatic heterocycles. The van der Waals surface area contributed by atoms with Crippen molar-refractivity contribution >= 4 is 23.7 Å². The predicted molar refractivity (Wildman–Crippen MR) is 87.1 cm³/mol. The van der Waals surface area contributed by atoms with E-state index >= 15 is 0 Å². The highest BCUT2D eigenvalue weighted by atomic mass is 16.5. The largest absolute Gasteiger partial charge is 0.508 e. The van der Waals surface area contributed by atoms with Crippen LogP contribution in [0.4, 0.5) is 5.69 Å². The van der Waals surface area contributed by atoms with Gasteiger partial charge < -0.3 is 20.3 Å². The van der Waals surface area contributed by atoms with E-state index in [1.165, 1.54) is 19.2 Å². The first-order valence-electron chi connectivity index (χ1n) is 6.80. The van der Waals surface area contributed by atoms with E-state index in [0.29, 0.717) is 11.4 Å². The third-order valence-corrected chi connectivity index (χ3v) is 2.92. The smallest absolute Gasteiger partial charge is 0.329 e. The number of rotatable bonds is 4. The highest BCUT2D eigenvalue weighted by Crippen LogP contribution is 2.20. The molecule has 24 heavy (non-hydrogen) atoms. The minimum absolute atomic E-state index is 0.105. The average molecular weight is 329 g/mol. The summed E-state index contributed by atoms with van der Waals surface area (Å²) in [4.78, 5) is 23.4. The summed E-state index contributed by atoms with van der Waals surface area (Å²) in [6.45, 7) is 0. The molecule has 0 aliphatic heterocycles. The van der Waals surface area contributed by atoms with Gasteiger partial charge in [0.25, 0.3) is 0 Å². The van der Waals surface area contributed by atoms with E-state index < -0.39 is 11.8 Å². The van der Waals surface area contributed by atoms with E-state index in [1.807, 2.05) is 5.43 Å². The molecule has 0 fully saturated rings. The van der Waals surface area contributed by atoms with Gasteiger partial charge in [0, 0.05) is 23.4 Å². The summed E-state index contributed by atoms with van der Waals surface area (Å²) in [5.74, 6) is -1.67. The molecule has 2 aromatic rings. The monoisotopic (exact) mass is 329 g/mol.